The van der Waals surface area contributed by atoms with Crippen molar-refractivity contribution in [3.05, 3.63) is 19.6 Å². The molecule has 0 atom stereocenters. The van der Waals surface area contributed by atoms with E-state index in [0.29, 0.717) is 4.47 Å². The summed E-state index contributed by atoms with van der Waals surface area (Å²) in [5.41, 5.74) is 0. The number of hydrogen-bond acceptors (Lipinski definition) is 2. The van der Waals surface area contributed by atoms with Crippen LogP contribution in [-0.4, -0.2) is 11.3 Å². The van der Waals surface area contributed by atoms with Crippen LogP contribution in [0.2, 0.25) is 0 Å². The second-order valence-electron chi connectivity index (χ2n) is 2.10. The lowest BCUT2D eigenvalue weighted by Gasteiger charge is -2.09. The number of ether oxygens (including phenoxy) is 1. The lowest BCUT2D eigenvalue weighted by atomic mass is 10.5. The van der Waals surface area contributed by atoms with E-state index in [1.807, 2.05) is 0 Å². The molecule has 1 aromatic rings. The minimum Gasteiger partial charge on any atom is -0.387 e. The summed E-state index contributed by atoms with van der Waals surface area (Å²) in [4.78, 5) is 3.54. The molecule has 0 amide bonds. The van der Waals surface area contributed by atoms with Crippen LogP contribution in [0.3, 0.4) is 0 Å². The molecule has 0 aliphatic heterocycles. The van der Waals surface area contributed by atoms with Crippen molar-refractivity contribution in [2.24, 2.45) is 0 Å². The second-order valence-corrected chi connectivity index (χ2v) is 4.56. The van der Waals surface area contributed by atoms with Gasteiger partial charge in [0, 0.05) is 0 Å². The van der Waals surface area contributed by atoms with Crippen LogP contribution in [0, 0.1) is 0 Å². The van der Waals surface area contributed by atoms with Gasteiger partial charge < -0.3 is 4.74 Å². The Bertz CT molecular complexity index is 355. The molecule has 1 aromatic heterocycles. The third-order valence-electron chi connectivity index (χ3n) is 1.07. The normalized spacial score (nSPS) is 11.6. The Morgan fingerprint density at radius 3 is 2.21 bits per heavy atom. The molecule has 0 bridgehead atoms. The molecule has 1 heterocycles. The quantitative estimate of drug-likeness (QED) is 0.658. The predicted molar refractivity (Wildman–Crippen MR) is 54.0 cm³/mol. The van der Waals surface area contributed by atoms with E-state index >= 15 is 0 Å². The maximum atomic E-state index is 11.8. The summed E-state index contributed by atoms with van der Waals surface area (Å²) < 4.78 is 40.1. The fourth-order valence-corrected chi connectivity index (χ4v) is 1.91. The number of alkyl halides is 3. The zero-order valence-electron chi connectivity index (χ0n) is 6.20. The van der Waals surface area contributed by atoms with E-state index in [9.17, 15) is 13.2 Å². The molecular weight excluding hydrogens is 399 g/mol. The van der Waals surface area contributed by atoms with Crippen molar-refractivity contribution in [1.29, 1.82) is 0 Å². The topological polar surface area (TPSA) is 22.1 Å². The summed E-state index contributed by atoms with van der Waals surface area (Å²) in [6.45, 7) is 0. The number of halogens is 6. The molecule has 0 N–H and O–H groups in total. The first-order chi connectivity index (χ1) is 6.29. The van der Waals surface area contributed by atoms with Gasteiger partial charge in [-0.25, -0.2) is 4.98 Å². The third-order valence-corrected chi connectivity index (χ3v) is 3.38. The van der Waals surface area contributed by atoms with Crippen molar-refractivity contribution in [2.75, 3.05) is 0 Å². The van der Waals surface area contributed by atoms with Gasteiger partial charge in [-0.15, -0.1) is 13.2 Å². The Morgan fingerprint density at radius 2 is 1.71 bits per heavy atom. The molecule has 0 aliphatic carbocycles. The molecule has 8 heteroatoms. The van der Waals surface area contributed by atoms with Crippen LogP contribution >= 0.6 is 47.8 Å². The van der Waals surface area contributed by atoms with Crippen molar-refractivity contribution in [3.63, 3.8) is 0 Å². The van der Waals surface area contributed by atoms with E-state index < -0.39 is 12.2 Å². The molecule has 0 saturated heterocycles. The van der Waals surface area contributed by atoms with E-state index in [1.165, 1.54) is 6.07 Å². The summed E-state index contributed by atoms with van der Waals surface area (Å²) in [6.07, 6.45) is -4.75. The van der Waals surface area contributed by atoms with E-state index in [0.717, 1.165) is 0 Å². The molecule has 2 nitrogen and oxygen atoms in total. The van der Waals surface area contributed by atoms with Crippen LogP contribution in [0.15, 0.2) is 19.6 Å². The van der Waals surface area contributed by atoms with E-state index in [2.05, 4.69) is 57.5 Å². The monoisotopic (exact) mass is 397 g/mol. The van der Waals surface area contributed by atoms with Gasteiger partial charge in [0.2, 0.25) is 5.88 Å². The summed E-state index contributed by atoms with van der Waals surface area (Å²) >= 11 is 8.94. The van der Waals surface area contributed by atoms with Gasteiger partial charge in [0.15, 0.2) is 0 Å². The zero-order valence-corrected chi connectivity index (χ0v) is 11.0. The summed E-state index contributed by atoms with van der Waals surface area (Å²) in [5, 5.41) is 0. The fourth-order valence-electron chi connectivity index (χ4n) is 0.610. The minimum atomic E-state index is -4.75. The Balaban J connectivity index is 3.04. The predicted octanol–water partition coefficient (Wildman–Crippen LogP) is 4.27. The highest BCUT2D eigenvalue weighted by Gasteiger charge is 2.33. The van der Waals surface area contributed by atoms with Gasteiger partial charge in [-0.2, -0.15) is 0 Å². The van der Waals surface area contributed by atoms with Crippen molar-refractivity contribution in [1.82, 2.24) is 4.98 Å². The first kappa shape index (κ1) is 12.3. The lowest BCUT2D eigenvalue weighted by Crippen LogP contribution is -2.18. The molecule has 0 unspecified atom stereocenters. The van der Waals surface area contributed by atoms with Crippen LogP contribution < -0.4 is 4.74 Å². The second kappa shape index (κ2) is 4.36. The van der Waals surface area contributed by atoms with Crippen molar-refractivity contribution in [2.45, 2.75) is 6.36 Å². The minimum absolute atomic E-state index is 0.116. The van der Waals surface area contributed by atoms with Gasteiger partial charge >= 0.3 is 6.36 Å². The van der Waals surface area contributed by atoms with Gasteiger partial charge in [0.05, 0.1) is 8.95 Å². The Labute approximate surface area is 102 Å². The van der Waals surface area contributed by atoms with Crippen LogP contribution in [0.25, 0.3) is 0 Å². The smallest absolute Gasteiger partial charge is 0.387 e. The highest BCUT2D eigenvalue weighted by atomic mass is 79.9. The first-order valence-corrected chi connectivity index (χ1v) is 5.45. The van der Waals surface area contributed by atoms with E-state index in [4.69, 9.17) is 0 Å². The molecule has 0 fully saturated rings. The van der Waals surface area contributed by atoms with Crippen LogP contribution in [-0.2, 0) is 0 Å². The number of rotatable bonds is 1. The molecule has 0 radical (unpaired) electrons. The van der Waals surface area contributed by atoms with Crippen molar-refractivity contribution >= 4 is 47.8 Å². The van der Waals surface area contributed by atoms with Gasteiger partial charge in [0.1, 0.15) is 4.60 Å². The molecule has 1 rings (SSSR count). The Morgan fingerprint density at radius 1 is 1.14 bits per heavy atom. The zero-order chi connectivity index (χ0) is 10.9. The molecule has 14 heavy (non-hydrogen) atoms. The summed E-state index contributed by atoms with van der Waals surface area (Å²) in [6, 6.07) is 1.40. The fraction of sp³-hybridized carbons (Fsp3) is 0.167. The molecular formula is C6HBr3F3NO. The third kappa shape index (κ3) is 3.39. The van der Waals surface area contributed by atoms with Crippen LogP contribution in [0.4, 0.5) is 13.2 Å². The maximum absolute atomic E-state index is 11.8. The van der Waals surface area contributed by atoms with Gasteiger partial charge in [0.25, 0.3) is 0 Å². The maximum Gasteiger partial charge on any atom is 0.574 e. The van der Waals surface area contributed by atoms with Crippen LogP contribution in [0.5, 0.6) is 5.88 Å². The summed E-state index contributed by atoms with van der Waals surface area (Å²) in [7, 11) is 0. The standard InChI is InChI=1S/C6HBr3F3NO/c7-2-1-3(8)5(13-4(2)9)14-6(10,11)12/h1H. The molecule has 78 valence electrons. The molecule has 0 spiro atoms. The van der Waals surface area contributed by atoms with Gasteiger partial charge in [-0.1, -0.05) is 0 Å². The van der Waals surface area contributed by atoms with E-state index in [1.54, 1.807) is 0 Å². The summed E-state index contributed by atoms with van der Waals surface area (Å²) in [5.74, 6) is -0.535. The largest absolute Gasteiger partial charge is 0.574 e. The Hall–Kier alpha value is 0.180. The number of nitrogens with zero attached hydrogens (tertiary/aromatic N) is 1. The molecule has 0 saturated carbocycles. The van der Waals surface area contributed by atoms with Gasteiger partial charge in [-0.3, -0.25) is 0 Å². The lowest BCUT2D eigenvalue weighted by molar-refractivity contribution is -0.276. The highest BCUT2D eigenvalue weighted by Crippen LogP contribution is 2.33. The number of pyridine rings is 1. The SMILES string of the molecule is FC(F)(F)Oc1nc(Br)c(Br)cc1Br. The molecule has 0 aliphatic rings. The number of aromatic nitrogens is 1. The highest BCUT2D eigenvalue weighted by molar-refractivity contribution is 9.13. The van der Waals surface area contributed by atoms with E-state index in [-0.39, 0.29) is 9.08 Å². The van der Waals surface area contributed by atoms with Crippen molar-refractivity contribution in [3.8, 4) is 5.88 Å². The average molecular weight is 400 g/mol. The van der Waals surface area contributed by atoms with Crippen molar-refractivity contribution < 1.29 is 17.9 Å². The number of hydrogen-bond donors (Lipinski definition) is 0. The van der Waals surface area contributed by atoms with Gasteiger partial charge in [-0.05, 0) is 53.9 Å². The average Bonchev–Trinajstić information content (AvgIpc) is 1.97. The first-order valence-electron chi connectivity index (χ1n) is 3.07. The Kier molecular flexibility index (Phi) is 3.81. The molecule has 0 aromatic carbocycles. The van der Waals surface area contributed by atoms with Crippen LogP contribution in [0.1, 0.15) is 0 Å².